The molecule has 0 aliphatic heterocycles. The van der Waals surface area contributed by atoms with Gasteiger partial charge in [0.2, 0.25) is 0 Å². The lowest BCUT2D eigenvalue weighted by Crippen LogP contribution is -2.14. The highest BCUT2D eigenvalue weighted by molar-refractivity contribution is 9.10. The second-order valence-corrected chi connectivity index (χ2v) is 5.38. The van der Waals surface area contributed by atoms with E-state index in [1.807, 2.05) is 25.1 Å². The van der Waals surface area contributed by atoms with Crippen molar-refractivity contribution in [2.45, 2.75) is 12.8 Å². The van der Waals surface area contributed by atoms with Crippen LogP contribution in [-0.2, 0) is 0 Å². The molecular weight excluding hydrogens is 284 g/mol. The average Bonchev–Trinajstić information content (AvgIpc) is 2.69. The standard InChI is InChI=1S/C12H13BrN2S/c1-8-7-16-12(15-8)10(6-14)9-4-2-3-5-11(9)13/h2-5,7,10H,6,14H2,1H3. The van der Waals surface area contributed by atoms with E-state index in [0.29, 0.717) is 6.54 Å². The molecule has 4 heteroatoms. The van der Waals surface area contributed by atoms with Crippen molar-refractivity contribution in [3.05, 3.63) is 50.4 Å². The molecule has 0 bridgehead atoms. The Labute approximate surface area is 108 Å². The summed E-state index contributed by atoms with van der Waals surface area (Å²) in [5.41, 5.74) is 8.13. The van der Waals surface area contributed by atoms with Crippen LogP contribution in [0.2, 0.25) is 0 Å². The van der Waals surface area contributed by atoms with Crippen LogP contribution in [0.15, 0.2) is 34.1 Å². The van der Waals surface area contributed by atoms with Crippen molar-refractivity contribution in [3.63, 3.8) is 0 Å². The SMILES string of the molecule is Cc1csc(C(CN)c2ccccc2Br)n1. The molecule has 1 unspecified atom stereocenters. The molecule has 1 aromatic carbocycles. The number of rotatable bonds is 3. The van der Waals surface area contributed by atoms with Gasteiger partial charge in [0.25, 0.3) is 0 Å². The van der Waals surface area contributed by atoms with Crippen molar-refractivity contribution in [1.82, 2.24) is 4.98 Å². The molecule has 0 aliphatic rings. The van der Waals surface area contributed by atoms with Gasteiger partial charge in [-0.25, -0.2) is 4.98 Å². The number of aryl methyl sites for hydroxylation is 1. The van der Waals surface area contributed by atoms with Gasteiger partial charge in [-0.3, -0.25) is 0 Å². The number of nitrogens with zero attached hydrogens (tertiary/aromatic N) is 1. The monoisotopic (exact) mass is 296 g/mol. The zero-order valence-corrected chi connectivity index (χ0v) is 11.4. The molecule has 2 aromatic rings. The maximum absolute atomic E-state index is 5.86. The lowest BCUT2D eigenvalue weighted by molar-refractivity contribution is 0.802. The van der Waals surface area contributed by atoms with Crippen molar-refractivity contribution in [1.29, 1.82) is 0 Å². The van der Waals surface area contributed by atoms with Crippen LogP contribution >= 0.6 is 27.3 Å². The molecule has 0 aliphatic carbocycles. The topological polar surface area (TPSA) is 38.9 Å². The third kappa shape index (κ3) is 2.34. The van der Waals surface area contributed by atoms with Crippen molar-refractivity contribution >= 4 is 27.3 Å². The summed E-state index contributed by atoms with van der Waals surface area (Å²) in [5, 5.41) is 3.15. The molecule has 0 spiro atoms. The Balaban J connectivity index is 2.40. The molecule has 16 heavy (non-hydrogen) atoms. The number of hydrogen-bond acceptors (Lipinski definition) is 3. The Hall–Kier alpha value is -0.710. The van der Waals surface area contributed by atoms with E-state index in [1.54, 1.807) is 11.3 Å². The molecular formula is C12H13BrN2S. The van der Waals surface area contributed by atoms with Gasteiger partial charge < -0.3 is 5.73 Å². The van der Waals surface area contributed by atoms with Crippen LogP contribution < -0.4 is 5.73 Å². The van der Waals surface area contributed by atoms with Crippen LogP contribution in [-0.4, -0.2) is 11.5 Å². The second-order valence-electron chi connectivity index (χ2n) is 3.64. The van der Waals surface area contributed by atoms with Gasteiger partial charge in [-0.15, -0.1) is 11.3 Å². The lowest BCUT2D eigenvalue weighted by Gasteiger charge is -2.13. The van der Waals surface area contributed by atoms with E-state index < -0.39 is 0 Å². The van der Waals surface area contributed by atoms with Crippen LogP contribution in [0.25, 0.3) is 0 Å². The minimum Gasteiger partial charge on any atom is -0.329 e. The van der Waals surface area contributed by atoms with E-state index in [1.165, 1.54) is 5.56 Å². The summed E-state index contributed by atoms with van der Waals surface area (Å²) in [7, 11) is 0. The quantitative estimate of drug-likeness (QED) is 0.944. The van der Waals surface area contributed by atoms with Gasteiger partial charge in [-0.2, -0.15) is 0 Å². The molecule has 1 atom stereocenters. The zero-order valence-electron chi connectivity index (χ0n) is 8.98. The van der Waals surface area contributed by atoms with Crippen LogP contribution in [0.4, 0.5) is 0 Å². The van der Waals surface area contributed by atoms with E-state index in [0.717, 1.165) is 15.2 Å². The van der Waals surface area contributed by atoms with E-state index in [9.17, 15) is 0 Å². The minimum absolute atomic E-state index is 0.189. The van der Waals surface area contributed by atoms with Gasteiger partial charge >= 0.3 is 0 Å². The predicted octanol–water partition coefficient (Wildman–Crippen LogP) is 3.30. The fourth-order valence-corrected chi connectivity index (χ4v) is 3.14. The Morgan fingerprint density at radius 3 is 2.75 bits per heavy atom. The highest BCUT2D eigenvalue weighted by Gasteiger charge is 2.17. The highest BCUT2D eigenvalue weighted by Crippen LogP contribution is 2.31. The van der Waals surface area contributed by atoms with Crippen LogP contribution in [0.3, 0.4) is 0 Å². The largest absolute Gasteiger partial charge is 0.329 e. The molecule has 84 valence electrons. The fraction of sp³-hybridized carbons (Fsp3) is 0.250. The Bertz CT molecular complexity index is 481. The number of benzene rings is 1. The summed E-state index contributed by atoms with van der Waals surface area (Å²) in [6.07, 6.45) is 0. The number of hydrogen-bond donors (Lipinski definition) is 1. The number of thiazole rings is 1. The molecule has 2 rings (SSSR count). The molecule has 0 fully saturated rings. The summed E-state index contributed by atoms with van der Waals surface area (Å²) in [4.78, 5) is 4.52. The van der Waals surface area contributed by atoms with Gasteiger partial charge in [0.1, 0.15) is 5.01 Å². The number of halogens is 1. The van der Waals surface area contributed by atoms with E-state index in [4.69, 9.17) is 5.73 Å². The molecule has 0 amide bonds. The molecule has 0 saturated carbocycles. The van der Waals surface area contributed by atoms with Gasteiger partial charge in [-0.1, -0.05) is 34.1 Å². The van der Waals surface area contributed by atoms with Gasteiger partial charge in [0, 0.05) is 28.0 Å². The average molecular weight is 297 g/mol. The van der Waals surface area contributed by atoms with Crippen molar-refractivity contribution < 1.29 is 0 Å². The first kappa shape index (κ1) is 11.8. The van der Waals surface area contributed by atoms with Crippen molar-refractivity contribution in [2.75, 3.05) is 6.54 Å². The Morgan fingerprint density at radius 2 is 2.19 bits per heavy atom. The second kappa shape index (κ2) is 5.08. The molecule has 0 radical (unpaired) electrons. The summed E-state index contributed by atoms with van der Waals surface area (Å²) < 4.78 is 1.10. The Kier molecular flexibility index (Phi) is 3.74. The minimum atomic E-state index is 0.189. The summed E-state index contributed by atoms with van der Waals surface area (Å²) in [6, 6.07) is 8.17. The normalized spacial score (nSPS) is 12.7. The summed E-state index contributed by atoms with van der Waals surface area (Å²) >= 11 is 5.24. The summed E-state index contributed by atoms with van der Waals surface area (Å²) in [5.74, 6) is 0.189. The first-order valence-corrected chi connectivity index (χ1v) is 6.76. The highest BCUT2D eigenvalue weighted by atomic mass is 79.9. The van der Waals surface area contributed by atoms with Gasteiger partial charge in [0.15, 0.2) is 0 Å². The molecule has 0 saturated heterocycles. The first-order chi connectivity index (χ1) is 7.72. The molecule has 2 nitrogen and oxygen atoms in total. The van der Waals surface area contributed by atoms with Crippen LogP contribution in [0, 0.1) is 6.92 Å². The van der Waals surface area contributed by atoms with E-state index in [-0.39, 0.29) is 5.92 Å². The van der Waals surface area contributed by atoms with E-state index >= 15 is 0 Å². The third-order valence-corrected chi connectivity index (χ3v) is 4.25. The molecule has 1 heterocycles. The van der Waals surface area contributed by atoms with E-state index in [2.05, 4.69) is 32.4 Å². The molecule has 2 N–H and O–H groups in total. The number of nitrogens with two attached hydrogens (primary N) is 1. The van der Waals surface area contributed by atoms with Crippen molar-refractivity contribution in [3.8, 4) is 0 Å². The maximum Gasteiger partial charge on any atom is 0.102 e. The van der Waals surface area contributed by atoms with Gasteiger partial charge in [0.05, 0.1) is 0 Å². The maximum atomic E-state index is 5.86. The summed E-state index contributed by atoms with van der Waals surface area (Å²) in [6.45, 7) is 2.59. The third-order valence-electron chi connectivity index (χ3n) is 2.45. The zero-order chi connectivity index (χ0) is 11.5. The number of aromatic nitrogens is 1. The predicted molar refractivity (Wildman–Crippen MR) is 71.9 cm³/mol. The fourth-order valence-electron chi connectivity index (χ4n) is 1.65. The van der Waals surface area contributed by atoms with Gasteiger partial charge in [-0.05, 0) is 18.6 Å². The van der Waals surface area contributed by atoms with Crippen LogP contribution in [0.1, 0.15) is 22.2 Å². The first-order valence-electron chi connectivity index (χ1n) is 5.09. The van der Waals surface area contributed by atoms with Crippen molar-refractivity contribution in [2.24, 2.45) is 5.73 Å². The lowest BCUT2D eigenvalue weighted by atomic mass is 10.0. The smallest absolute Gasteiger partial charge is 0.102 e. The van der Waals surface area contributed by atoms with Crippen LogP contribution in [0.5, 0.6) is 0 Å². The Morgan fingerprint density at radius 1 is 1.44 bits per heavy atom. The molecule has 1 aromatic heterocycles.